The summed E-state index contributed by atoms with van der Waals surface area (Å²) in [6.45, 7) is 4.65. The van der Waals surface area contributed by atoms with Crippen molar-refractivity contribution in [3.8, 4) is 0 Å². The maximum Gasteiger partial charge on any atom is 0.261 e. The van der Waals surface area contributed by atoms with Crippen LogP contribution >= 0.6 is 0 Å². The molecular weight excluding hydrogens is 350 g/mol. The summed E-state index contributed by atoms with van der Waals surface area (Å²) in [6, 6.07) is 8.24. The highest BCUT2D eigenvalue weighted by atomic mass is 32.2. The van der Waals surface area contributed by atoms with Gasteiger partial charge in [0.05, 0.1) is 10.6 Å². The van der Waals surface area contributed by atoms with Crippen LogP contribution in [0.15, 0.2) is 47.4 Å². The van der Waals surface area contributed by atoms with Gasteiger partial charge in [0.25, 0.3) is 15.9 Å². The average molecular weight is 368 g/mol. The lowest BCUT2D eigenvalue weighted by atomic mass is 10.2. The quantitative estimate of drug-likeness (QED) is 0.851. The van der Waals surface area contributed by atoms with Gasteiger partial charge in [-0.1, -0.05) is 6.07 Å². The third kappa shape index (κ3) is 4.33. The first-order chi connectivity index (χ1) is 11.8. The van der Waals surface area contributed by atoms with Gasteiger partial charge in [-0.25, -0.2) is 17.2 Å². The Hall–Kier alpha value is -2.48. The van der Waals surface area contributed by atoms with Crippen molar-refractivity contribution in [2.24, 2.45) is 0 Å². The molecule has 0 heterocycles. The predicted octanol–water partition coefficient (Wildman–Crippen LogP) is 3.25. The minimum absolute atomic E-state index is 0.112. The number of nitrogens with zero attached hydrogens (tertiary/aromatic N) is 1. The molecule has 2 aromatic carbocycles. The second kappa shape index (κ2) is 7.60. The lowest BCUT2D eigenvalue weighted by Gasteiger charge is -2.19. The Kier molecular flexibility index (Phi) is 5.73. The number of halogens is 2. The van der Waals surface area contributed by atoms with Gasteiger partial charge < -0.3 is 4.90 Å². The highest BCUT2D eigenvalue weighted by molar-refractivity contribution is 7.92. The fraction of sp³-hybridized carbons (Fsp3) is 0.235. The van der Waals surface area contributed by atoms with Crippen molar-refractivity contribution in [2.45, 2.75) is 18.7 Å². The van der Waals surface area contributed by atoms with E-state index >= 15 is 0 Å². The Labute approximate surface area is 145 Å². The molecule has 0 aliphatic carbocycles. The monoisotopic (exact) mass is 368 g/mol. The van der Waals surface area contributed by atoms with Crippen LogP contribution in [0.5, 0.6) is 0 Å². The standard InChI is InChI=1S/C17H18F2N2O3S/c1-3-21(4-2)17(22)12-6-5-7-14(10-12)25(23,24)20-13-8-9-15(18)16(19)11-13/h5-11,20H,3-4H2,1-2H3. The van der Waals surface area contributed by atoms with E-state index in [9.17, 15) is 22.0 Å². The van der Waals surface area contributed by atoms with E-state index in [1.165, 1.54) is 24.3 Å². The number of sulfonamides is 1. The van der Waals surface area contributed by atoms with Crippen LogP contribution in [0.1, 0.15) is 24.2 Å². The highest BCUT2D eigenvalue weighted by Gasteiger charge is 2.19. The van der Waals surface area contributed by atoms with Gasteiger partial charge in [-0.3, -0.25) is 9.52 Å². The molecule has 0 saturated heterocycles. The lowest BCUT2D eigenvalue weighted by Crippen LogP contribution is -2.30. The van der Waals surface area contributed by atoms with E-state index in [-0.39, 0.29) is 22.1 Å². The summed E-state index contributed by atoms with van der Waals surface area (Å²) in [5.41, 5.74) is 0.122. The van der Waals surface area contributed by atoms with Crippen molar-refractivity contribution >= 4 is 21.6 Å². The zero-order chi connectivity index (χ0) is 18.6. The summed E-state index contributed by atoms with van der Waals surface area (Å²) in [7, 11) is -4.05. The molecule has 0 spiro atoms. The van der Waals surface area contributed by atoms with Gasteiger partial charge in [-0.2, -0.15) is 0 Å². The van der Waals surface area contributed by atoms with Crippen molar-refractivity contribution < 1.29 is 22.0 Å². The van der Waals surface area contributed by atoms with E-state index in [2.05, 4.69) is 4.72 Å². The van der Waals surface area contributed by atoms with Crippen LogP contribution < -0.4 is 4.72 Å². The molecule has 1 amide bonds. The molecule has 8 heteroatoms. The first kappa shape index (κ1) is 18.9. The number of benzene rings is 2. The Morgan fingerprint density at radius 1 is 1.04 bits per heavy atom. The summed E-state index contributed by atoms with van der Waals surface area (Å²) < 4.78 is 53.2. The Bertz CT molecular complexity index is 881. The third-order valence-corrected chi connectivity index (χ3v) is 4.99. The van der Waals surface area contributed by atoms with Gasteiger partial charge in [0, 0.05) is 24.7 Å². The number of hydrogen-bond acceptors (Lipinski definition) is 3. The lowest BCUT2D eigenvalue weighted by molar-refractivity contribution is 0.0772. The van der Waals surface area contributed by atoms with Crippen LogP contribution in [0.4, 0.5) is 14.5 Å². The summed E-state index contributed by atoms with van der Waals surface area (Å²) in [6.07, 6.45) is 0. The van der Waals surface area contributed by atoms with Gasteiger partial charge in [0.1, 0.15) is 0 Å². The number of carbonyl (C=O) groups excluding carboxylic acids is 1. The van der Waals surface area contributed by atoms with Gasteiger partial charge in [0.2, 0.25) is 0 Å². The molecule has 25 heavy (non-hydrogen) atoms. The number of amides is 1. The van der Waals surface area contributed by atoms with Gasteiger partial charge in [-0.05, 0) is 44.2 Å². The molecule has 0 atom stereocenters. The van der Waals surface area contributed by atoms with E-state index in [1.807, 2.05) is 13.8 Å². The van der Waals surface area contributed by atoms with E-state index in [0.717, 1.165) is 18.2 Å². The maximum absolute atomic E-state index is 13.2. The Balaban J connectivity index is 2.32. The van der Waals surface area contributed by atoms with Crippen LogP contribution in [0.2, 0.25) is 0 Å². The normalized spacial score (nSPS) is 11.2. The first-order valence-electron chi connectivity index (χ1n) is 7.65. The second-order valence-corrected chi connectivity index (χ2v) is 6.92. The van der Waals surface area contributed by atoms with Crippen molar-refractivity contribution in [3.05, 3.63) is 59.7 Å². The van der Waals surface area contributed by atoms with Crippen LogP contribution in [0, 0.1) is 11.6 Å². The minimum atomic E-state index is -4.05. The third-order valence-electron chi connectivity index (χ3n) is 3.61. The van der Waals surface area contributed by atoms with Crippen molar-refractivity contribution in [2.75, 3.05) is 17.8 Å². The Morgan fingerprint density at radius 3 is 2.32 bits per heavy atom. The van der Waals surface area contributed by atoms with E-state index in [4.69, 9.17) is 0 Å². The molecule has 0 aliphatic rings. The maximum atomic E-state index is 13.2. The molecule has 0 aromatic heterocycles. The summed E-state index contributed by atoms with van der Waals surface area (Å²) in [5, 5.41) is 0. The molecule has 5 nitrogen and oxygen atoms in total. The Morgan fingerprint density at radius 2 is 1.72 bits per heavy atom. The summed E-state index contributed by atoms with van der Waals surface area (Å²) in [5.74, 6) is -2.52. The highest BCUT2D eigenvalue weighted by Crippen LogP contribution is 2.19. The number of carbonyl (C=O) groups is 1. The molecule has 0 radical (unpaired) electrons. The fourth-order valence-electron chi connectivity index (χ4n) is 2.26. The van der Waals surface area contributed by atoms with Crippen LogP contribution in [-0.2, 0) is 10.0 Å². The van der Waals surface area contributed by atoms with Crippen LogP contribution in [0.3, 0.4) is 0 Å². The van der Waals surface area contributed by atoms with E-state index in [1.54, 1.807) is 4.90 Å². The van der Waals surface area contributed by atoms with Crippen LogP contribution in [-0.4, -0.2) is 32.3 Å². The summed E-state index contributed by atoms with van der Waals surface area (Å²) >= 11 is 0. The van der Waals surface area contributed by atoms with Gasteiger partial charge >= 0.3 is 0 Å². The SMILES string of the molecule is CCN(CC)C(=O)c1cccc(S(=O)(=O)Nc2ccc(F)c(F)c2)c1. The number of anilines is 1. The smallest absolute Gasteiger partial charge is 0.261 e. The predicted molar refractivity (Wildman–Crippen MR) is 90.9 cm³/mol. The number of rotatable bonds is 6. The van der Waals surface area contributed by atoms with E-state index in [0.29, 0.717) is 13.1 Å². The molecular formula is C17H18F2N2O3S. The molecule has 134 valence electrons. The van der Waals surface area contributed by atoms with Crippen molar-refractivity contribution in [1.82, 2.24) is 4.90 Å². The second-order valence-electron chi connectivity index (χ2n) is 5.24. The van der Waals surface area contributed by atoms with E-state index < -0.39 is 21.7 Å². The molecule has 2 rings (SSSR count). The zero-order valence-electron chi connectivity index (χ0n) is 13.8. The van der Waals surface area contributed by atoms with Crippen LogP contribution in [0.25, 0.3) is 0 Å². The van der Waals surface area contributed by atoms with Gasteiger partial charge in [-0.15, -0.1) is 0 Å². The zero-order valence-corrected chi connectivity index (χ0v) is 14.6. The average Bonchev–Trinajstić information content (AvgIpc) is 2.59. The minimum Gasteiger partial charge on any atom is -0.339 e. The van der Waals surface area contributed by atoms with Crippen molar-refractivity contribution in [1.29, 1.82) is 0 Å². The molecule has 0 fully saturated rings. The molecule has 0 saturated carbocycles. The van der Waals surface area contributed by atoms with Crippen molar-refractivity contribution in [3.63, 3.8) is 0 Å². The topological polar surface area (TPSA) is 66.5 Å². The number of nitrogens with one attached hydrogen (secondary N) is 1. The molecule has 1 N–H and O–H groups in total. The number of hydrogen-bond donors (Lipinski definition) is 1. The first-order valence-corrected chi connectivity index (χ1v) is 9.14. The fourth-order valence-corrected chi connectivity index (χ4v) is 3.36. The molecule has 0 unspecified atom stereocenters. The molecule has 0 bridgehead atoms. The summed E-state index contributed by atoms with van der Waals surface area (Å²) in [4.78, 5) is 13.8. The molecule has 2 aromatic rings. The van der Waals surface area contributed by atoms with Gasteiger partial charge in [0.15, 0.2) is 11.6 Å². The largest absolute Gasteiger partial charge is 0.339 e. The molecule has 0 aliphatic heterocycles.